The number of likely N-dealkylation sites (N-methyl/N-ethyl adjacent to an activating group) is 1. The third kappa shape index (κ3) is 3.53. The summed E-state index contributed by atoms with van der Waals surface area (Å²) in [6, 6.07) is 0. The van der Waals surface area contributed by atoms with Gasteiger partial charge >= 0.3 is 0 Å². The van der Waals surface area contributed by atoms with E-state index in [-0.39, 0.29) is 5.91 Å². The van der Waals surface area contributed by atoms with E-state index < -0.39 is 5.54 Å². The third-order valence-electron chi connectivity index (χ3n) is 5.08. The number of piperidine rings is 1. The predicted octanol–water partition coefficient (Wildman–Crippen LogP) is 1.74. The number of nitrogens with one attached hydrogen (secondary N) is 1. The molecule has 20 heavy (non-hydrogen) atoms. The zero-order valence-electron chi connectivity index (χ0n) is 13.2. The fraction of sp³-hybridized carbons (Fsp3) is 0.938. The average Bonchev–Trinajstić information content (AvgIpc) is 3.25. The first-order valence-corrected chi connectivity index (χ1v) is 8.39. The summed E-state index contributed by atoms with van der Waals surface area (Å²) in [5.41, 5.74) is 5.28. The van der Waals surface area contributed by atoms with E-state index in [4.69, 9.17) is 5.73 Å². The molecule has 1 saturated carbocycles. The van der Waals surface area contributed by atoms with Gasteiger partial charge in [0, 0.05) is 6.54 Å². The molecule has 0 bridgehead atoms. The molecule has 1 heterocycles. The van der Waals surface area contributed by atoms with Crippen LogP contribution < -0.4 is 11.1 Å². The van der Waals surface area contributed by atoms with Gasteiger partial charge in [-0.05, 0) is 57.2 Å². The van der Waals surface area contributed by atoms with Gasteiger partial charge in [0.15, 0.2) is 0 Å². The van der Waals surface area contributed by atoms with Crippen LogP contribution in [0.3, 0.4) is 0 Å². The molecule has 1 amide bonds. The minimum Gasteiger partial charge on any atom is -0.368 e. The molecule has 4 heteroatoms. The molecule has 0 radical (unpaired) electrons. The lowest BCUT2D eigenvalue weighted by molar-refractivity contribution is -0.126. The summed E-state index contributed by atoms with van der Waals surface area (Å²) in [4.78, 5) is 14.5. The first kappa shape index (κ1) is 15.8. The molecule has 1 unspecified atom stereocenters. The van der Waals surface area contributed by atoms with Gasteiger partial charge in [-0.3, -0.25) is 4.79 Å². The van der Waals surface area contributed by atoms with E-state index in [0.29, 0.717) is 5.92 Å². The largest absolute Gasteiger partial charge is 0.368 e. The zero-order chi connectivity index (χ0) is 14.6. The summed E-state index contributed by atoms with van der Waals surface area (Å²) in [6.07, 6.45) is 7.48. The molecular weight excluding hydrogens is 250 g/mol. The molecule has 4 nitrogen and oxygen atoms in total. The lowest BCUT2D eigenvalue weighted by atomic mass is 9.88. The molecule has 3 N–H and O–H groups in total. The number of carbonyl (C=O) groups excluding carboxylic acids is 1. The van der Waals surface area contributed by atoms with Crippen LogP contribution >= 0.6 is 0 Å². The number of carbonyl (C=O) groups is 1. The summed E-state index contributed by atoms with van der Waals surface area (Å²) in [6.45, 7) is 8.19. The van der Waals surface area contributed by atoms with E-state index >= 15 is 0 Å². The Kier molecular flexibility index (Phi) is 5.44. The zero-order valence-corrected chi connectivity index (χ0v) is 13.2. The van der Waals surface area contributed by atoms with Gasteiger partial charge in [-0.15, -0.1) is 0 Å². The second-order valence-electron chi connectivity index (χ2n) is 6.65. The molecule has 0 aromatic rings. The highest BCUT2D eigenvalue weighted by atomic mass is 16.1. The Morgan fingerprint density at radius 1 is 1.25 bits per heavy atom. The van der Waals surface area contributed by atoms with Crippen LogP contribution in [0.5, 0.6) is 0 Å². The lowest BCUT2D eigenvalue weighted by Crippen LogP contribution is -2.63. The normalized spacial score (nSPS) is 24.5. The molecule has 116 valence electrons. The van der Waals surface area contributed by atoms with E-state index in [1.165, 1.54) is 25.7 Å². The van der Waals surface area contributed by atoms with Crippen LogP contribution in [-0.2, 0) is 4.79 Å². The van der Waals surface area contributed by atoms with Gasteiger partial charge in [-0.1, -0.05) is 26.7 Å². The topological polar surface area (TPSA) is 58.4 Å². The fourth-order valence-corrected chi connectivity index (χ4v) is 3.78. The van der Waals surface area contributed by atoms with Gasteiger partial charge in [0.1, 0.15) is 5.54 Å². The van der Waals surface area contributed by atoms with Gasteiger partial charge in [0.25, 0.3) is 0 Å². The van der Waals surface area contributed by atoms with Crippen molar-refractivity contribution in [1.29, 1.82) is 0 Å². The Hall–Kier alpha value is -0.610. The van der Waals surface area contributed by atoms with Crippen molar-refractivity contribution < 1.29 is 4.79 Å². The smallest absolute Gasteiger partial charge is 0.239 e. The van der Waals surface area contributed by atoms with Gasteiger partial charge in [-0.2, -0.15) is 0 Å². The van der Waals surface area contributed by atoms with E-state index in [2.05, 4.69) is 24.1 Å². The minimum atomic E-state index is -0.480. The van der Waals surface area contributed by atoms with Crippen LogP contribution in [0.4, 0.5) is 0 Å². The van der Waals surface area contributed by atoms with E-state index in [1.807, 2.05) is 0 Å². The average molecular weight is 281 g/mol. The Balaban J connectivity index is 1.93. The van der Waals surface area contributed by atoms with E-state index in [0.717, 1.165) is 44.9 Å². The summed E-state index contributed by atoms with van der Waals surface area (Å²) < 4.78 is 0. The second kappa shape index (κ2) is 6.90. The maximum absolute atomic E-state index is 12.1. The molecule has 1 saturated heterocycles. The van der Waals surface area contributed by atoms with Crippen LogP contribution in [0.1, 0.15) is 52.4 Å². The van der Waals surface area contributed by atoms with Crippen LogP contribution in [0, 0.1) is 11.8 Å². The maximum Gasteiger partial charge on any atom is 0.239 e. The van der Waals surface area contributed by atoms with Gasteiger partial charge in [0.2, 0.25) is 5.91 Å². The van der Waals surface area contributed by atoms with Gasteiger partial charge in [-0.25, -0.2) is 0 Å². The Morgan fingerprint density at radius 3 is 2.35 bits per heavy atom. The quantitative estimate of drug-likeness (QED) is 0.712. The predicted molar refractivity (Wildman–Crippen MR) is 82.4 cm³/mol. The number of primary amides is 1. The van der Waals surface area contributed by atoms with Crippen molar-refractivity contribution in [2.24, 2.45) is 17.6 Å². The van der Waals surface area contributed by atoms with Crippen LogP contribution in [0.15, 0.2) is 0 Å². The first-order chi connectivity index (χ1) is 9.62. The second-order valence-corrected chi connectivity index (χ2v) is 6.65. The maximum atomic E-state index is 12.1. The van der Waals surface area contributed by atoms with E-state index in [1.54, 1.807) is 0 Å². The van der Waals surface area contributed by atoms with Gasteiger partial charge < -0.3 is 16.0 Å². The Bertz CT molecular complexity index is 322. The highest BCUT2D eigenvalue weighted by Gasteiger charge is 2.50. The summed E-state index contributed by atoms with van der Waals surface area (Å²) in [7, 11) is 0. The standard InChI is InChI=1S/C16H31N3O/c1-3-5-13-8-10-19(11-9-13)12-16(15(17)20,18-4-2)14-6-7-14/h13-14,18H,3-12H2,1-2H3,(H2,17,20). The van der Waals surface area contributed by atoms with Crippen LogP contribution in [0.2, 0.25) is 0 Å². The minimum absolute atomic E-state index is 0.155. The highest BCUT2D eigenvalue weighted by molar-refractivity contribution is 5.86. The van der Waals surface area contributed by atoms with Crippen molar-refractivity contribution in [2.45, 2.75) is 57.9 Å². The molecule has 2 fully saturated rings. The fourth-order valence-electron chi connectivity index (χ4n) is 3.78. The third-order valence-corrected chi connectivity index (χ3v) is 5.08. The number of amides is 1. The molecular formula is C16H31N3O. The van der Waals surface area contributed by atoms with E-state index in [9.17, 15) is 4.79 Å². The van der Waals surface area contributed by atoms with Crippen LogP contribution in [0.25, 0.3) is 0 Å². The number of hydrogen-bond donors (Lipinski definition) is 2. The number of likely N-dealkylation sites (tertiary alicyclic amines) is 1. The van der Waals surface area contributed by atoms with Crippen molar-refractivity contribution in [3.8, 4) is 0 Å². The van der Waals surface area contributed by atoms with Crippen LogP contribution in [-0.4, -0.2) is 42.5 Å². The number of nitrogens with zero attached hydrogens (tertiary/aromatic N) is 1. The molecule has 0 aromatic heterocycles. The molecule has 0 aromatic carbocycles. The SMILES string of the molecule is CCCC1CCN(CC(NCC)(C(N)=O)C2CC2)CC1. The van der Waals surface area contributed by atoms with Gasteiger partial charge in [0.05, 0.1) is 0 Å². The number of nitrogens with two attached hydrogens (primary N) is 1. The van der Waals surface area contributed by atoms with Crippen molar-refractivity contribution in [1.82, 2.24) is 10.2 Å². The molecule has 2 aliphatic rings. The highest BCUT2D eigenvalue weighted by Crippen LogP contribution is 2.40. The van der Waals surface area contributed by atoms with Crippen molar-refractivity contribution >= 4 is 5.91 Å². The van der Waals surface area contributed by atoms with Crippen molar-refractivity contribution in [2.75, 3.05) is 26.2 Å². The lowest BCUT2D eigenvalue weighted by Gasteiger charge is -2.40. The monoisotopic (exact) mass is 281 g/mol. The number of rotatable bonds is 8. The molecule has 1 atom stereocenters. The van der Waals surface area contributed by atoms with Crippen molar-refractivity contribution in [3.05, 3.63) is 0 Å². The molecule has 1 aliphatic heterocycles. The summed E-state index contributed by atoms with van der Waals surface area (Å²) >= 11 is 0. The molecule has 1 aliphatic carbocycles. The number of hydrogen-bond acceptors (Lipinski definition) is 3. The van der Waals surface area contributed by atoms with Crippen molar-refractivity contribution in [3.63, 3.8) is 0 Å². The summed E-state index contributed by atoms with van der Waals surface area (Å²) in [5, 5.41) is 3.42. The summed E-state index contributed by atoms with van der Waals surface area (Å²) in [5.74, 6) is 1.19. The Morgan fingerprint density at radius 2 is 1.90 bits per heavy atom. The Labute approximate surface area is 123 Å². The molecule has 0 spiro atoms. The molecule has 2 rings (SSSR count). The first-order valence-electron chi connectivity index (χ1n) is 8.39.